The summed E-state index contributed by atoms with van der Waals surface area (Å²) in [6.07, 6.45) is 2.65. The average Bonchev–Trinajstić information content (AvgIpc) is 3.03. The molecule has 31 heavy (non-hydrogen) atoms. The van der Waals surface area contributed by atoms with Crippen molar-refractivity contribution in [2.24, 2.45) is 5.92 Å². The van der Waals surface area contributed by atoms with Crippen molar-refractivity contribution in [3.05, 3.63) is 66.0 Å². The molecule has 7 heteroatoms. The van der Waals surface area contributed by atoms with Crippen LogP contribution in [-0.4, -0.2) is 65.4 Å². The maximum atomic E-state index is 12.6. The number of rotatable bonds is 6. The number of carbonyl (C=O) groups excluding carboxylic acids is 2. The number of fused-ring (bicyclic) bond motifs is 1. The minimum Gasteiger partial charge on any atom is -0.349 e. The standard InChI is InChI=1S/C24H31N5O2/c1-18(30)27-24-16-28(2)23(19-8-4-3-5-9-19)21(24)11-13-29(17-24)15-22(31)26-14-20-10-6-7-12-25-20/h3-10,12,21,23H,11,13-17H2,1-2H3,(H,26,31)(H,27,30)/t21-,23-,24+/m1/s1. The van der Waals surface area contributed by atoms with Crippen LogP contribution in [0.4, 0.5) is 0 Å². The highest BCUT2D eigenvalue weighted by Crippen LogP contribution is 2.46. The Bertz CT molecular complexity index is 907. The predicted molar refractivity (Wildman–Crippen MR) is 119 cm³/mol. The summed E-state index contributed by atoms with van der Waals surface area (Å²) < 4.78 is 0. The van der Waals surface area contributed by atoms with Gasteiger partial charge in [0.2, 0.25) is 11.8 Å². The van der Waals surface area contributed by atoms with Gasteiger partial charge in [0.1, 0.15) is 0 Å². The topological polar surface area (TPSA) is 77.6 Å². The zero-order valence-electron chi connectivity index (χ0n) is 18.3. The lowest BCUT2D eigenvalue weighted by molar-refractivity contribution is -0.124. The van der Waals surface area contributed by atoms with E-state index >= 15 is 0 Å². The summed E-state index contributed by atoms with van der Waals surface area (Å²) in [6, 6.07) is 16.4. The third-order valence-electron chi connectivity index (χ3n) is 6.49. The third-order valence-corrected chi connectivity index (χ3v) is 6.49. The van der Waals surface area contributed by atoms with Gasteiger partial charge < -0.3 is 10.6 Å². The molecule has 0 saturated carbocycles. The molecule has 4 rings (SSSR count). The number of amides is 2. The van der Waals surface area contributed by atoms with E-state index in [0.717, 1.165) is 25.2 Å². The van der Waals surface area contributed by atoms with Crippen molar-refractivity contribution >= 4 is 11.8 Å². The number of aromatic nitrogens is 1. The monoisotopic (exact) mass is 421 g/mol. The molecule has 3 atom stereocenters. The average molecular weight is 422 g/mol. The fourth-order valence-electron chi connectivity index (χ4n) is 5.42. The molecular formula is C24H31N5O2. The molecule has 7 nitrogen and oxygen atoms in total. The van der Waals surface area contributed by atoms with Crippen molar-refractivity contribution < 1.29 is 9.59 Å². The summed E-state index contributed by atoms with van der Waals surface area (Å²) in [6.45, 7) is 4.59. The largest absolute Gasteiger partial charge is 0.349 e. The molecule has 0 unspecified atom stereocenters. The lowest BCUT2D eigenvalue weighted by atomic mass is 9.75. The van der Waals surface area contributed by atoms with E-state index in [1.165, 1.54) is 5.56 Å². The molecule has 1 aromatic heterocycles. The van der Waals surface area contributed by atoms with Gasteiger partial charge in [0, 0.05) is 38.2 Å². The lowest BCUT2D eigenvalue weighted by Gasteiger charge is -2.45. The molecule has 1 aromatic carbocycles. The van der Waals surface area contributed by atoms with Crippen molar-refractivity contribution in [1.82, 2.24) is 25.4 Å². The van der Waals surface area contributed by atoms with Gasteiger partial charge in [-0.05, 0) is 37.7 Å². The minimum atomic E-state index is -0.361. The van der Waals surface area contributed by atoms with E-state index in [-0.39, 0.29) is 23.4 Å². The molecule has 2 saturated heterocycles. The molecule has 164 valence electrons. The first-order chi connectivity index (χ1) is 15.0. The van der Waals surface area contributed by atoms with Crippen LogP contribution in [0.1, 0.15) is 30.6 Å². The number of likely N-dealkylation sites (tertiary alicyclic amines) is 2. The van der Waals surface area contributed by atoms with E-state index in [9.17, 15) is 9.59 Å². The Hall–Kier alpha value is -2.77. The van der Waals surface area contributed by atoms with Gasteiger partial charge in [-0.2, -0.15) is 0 Å². The van der Waals surface area contributed by atoms with Gasteiger partial charge in [-0.15, -0.1) is 0 Å². The van der Waals surface area contributed by atoms with Crippen LogP contribution in [0.2, 0.25) is 0 Å². The van der Waals surface area contributed by atoms with Crippen molar-refractivity contribution in [1.29, 1.82) is 0 Å². The Morgan fingerprint density at radius 1 is 1.13 bits per heavy atom. The molecule has 2 N–H and O–H groups in total. The zero-order valence-corrected chi connectivity index (χ0v) is 18.3. The smallest absolute Gasteiger partial charge is 0.234 e. The number of likely N-dealkylation sites (N-methyl/N-ethyl adjacent to an activating group) is 1. The van der Waals surface area contributed by atoms with E-state index in [1.807, 2.05) is 24.3 Å². The Morgan fingerprint density at radius 2 is 1.90 bits per heavy atom. The molecule has 0 bridgehead atoms. The molecule has 0 radical (unpaired) electrons. The molecule has 2 aliphatic rings. The Kier molecular flexibility index (Phi) is 6.34. The Balaban J connectivity index is 1.45. The summed E-state index contributed by atoms with van der Waals surface area (Å²) in [4.78, 5) is 33.5. The van der Waals surface area contributed by atoms with Crippen LogP contribution in [-0.2, 0) is 16.1 Å². The van der Waals surface area contributed by atoms with Crippen molar-refractivity contribution in [3.63, 3.8) is 0 Å². The maximum Gasteiger partial charge on any atom is 0.234 e. The van der Waals surface area contributed by atoms with Crippen LogP contribution in [0.5, 0.6) is 0 Å². The fraction of sp³-hybridized carbons (Fsp3) is 0.458. The number of piperidine rings is 1. The van der Waals surface area contributed by atoms with Crippen LogP contribution >= 0.6 is 0 Å². The molecule has 2 amide bonds. The van der Waals surface area contributed by atoms with Crippen molar-refractivity contribution in [3.8, 4) is 0 Å². The quantitative estimate of drug-likeness (QED) is 0.741. The van der Waals surface area contributed by atoms with Gasteiger partial charge in [0.25, 0.3) is 0 Å². The van der Waals surface area contributed by atoms with Crippen LogP contribution < -0.4 is 10.6 Å². The summed E-state index contributed by atoms with van der Waals surface area (Å²) in [7, 11) is 2.13. The first kappa shape index (κ1) is 21.5. The highest BCUT2D eigenvalue weighted by molar-refractivity contribution is 5.78. The van der Waals surface area contributed by atoms with E-state index in [4.69, 9.17) is 0 Å². The Morgan fingerprint density at radius 3 is 2.61 bits per heavy atom. The number of nitrogens with one attached hydrogen (secondary N) is 2. The normalized spacial score (nSPS) is 26.3. The lowest BCUT2D eigenvalue weighted by Crippen LogP contribution is -2.64. The van der Waals surface area contributed by atoms with Crippen LogP contribution in [0, 0.1) is 5.92 Å². The maximum absolute atomic E-state index is 12.6. The van der Waals surface area contributed by atoms with E-state index < -0.39 is 0 Å². The first-order valence-corrected chi connectivity index (χ1v) is 10.9. The Labute approximate surface area is 183 Å². The predicted octanol–water partition coefficient (Wildman–Crippen LogP) is 1.58. The van der Waals surface area contributed by atoms with Gasteiger partial charge >= 0.3 is 0 Å². The summed E-state index contributed by atoms with van der Waals surface area (Å²) in [5, 5.41) is 6.25. The SMILES string of the molecule is CC(=O)N[C@@]12CN(CC(=O)NCc3ccccn3)CC[C@@H]1[C@@H](c1ccccc1)N(C)C2. The number of pyridine rings is 1. The molecule has 0 aliphatic carbocycles. The van der Waals surface area contributed by atoms with Crippen LogP contribution in [0.3, 0.4) is 0 Å². The van der Waals surface area contributed by atoms with Gasteiger partial charge in [-0.3, -0.25) is 24.4 Å². The van der Waals surface area contributed by atoms with E-state index in [2.05, 4.69) is 56.7 Å². The number of carbonyl (C=O) groups is 2. The molecule has 2 fully saturated rings. The number of nitrogens with zero attached hydrogens (tertiary/aromatic N) is 3. The molecule has 0 spiro atoms. The second-order valence-electron chi connectivity index (χ2n) is 8.81. The molecule has 3 heterocycles. The fourth-order valence-corrected chi connectivity index (χ4v) is 5.42. The first-order valence-electron chi connectivity index (χ1n) is 10.9. The summed E-state index contributed by atoms with van der Waals surface area (Å²) >= 11 is 0. The summed E-state index contributed by atoms with van der Waals surface area (Å²) in [5.74, 6) is 0.262. The van der Waals surface area contributed by atoms with Gasteiger partial charge in [-0.1, -0.05) is 36.4 Å². The van der Waals surface area contributed by atoms with Crippen molar-refractivity contribution in [2.45, 2.75) is 31.5 Å². The van der Waals surface area contributed by atoms with Gasteiger partial charge in [0.15, 0.2) is 0 Å². The highest BCUT2D eigenvalue weighted by Gasteiger charge is 2.54. The van der Waals surface area contributed by atoms with Crippen LogP contribution in [0.15, 0.2) is 54.7 Å². The molecule has 2 aliphatic heterocycles. The summed E-state index contributed by atoms with van der Waals surface area (Å²) in [5.41, 5.74) is 1.76. The number of benzene rings is 1. The second-order valence-corrected chi connectivity index (χ2v) is 8.81. The van der Waals surface area contributed by atoms with Crippen LogP contribution in [0.25, 0.3) is 0 Å². The number of hydrogen-bond acceptors (Lipinski definition) is 5. The number of hydrogen-bond donors (Lipinski definition) is 2. The minimum absolute atomic E-state index is 0.0198. The molecule has 2 aromatic rings. The van der Waals surface area contributed by atoms with Gasteiger partial charge in [-0.25, -0.2) is 0 Å². The highest BCUT2D eigenvalue weighted by atomic mass is 16.2. The third kappa shape index (κ3) is 4.78. The second kappa shape index (κ2) is 9.16. The van der Waals surface area contributed by atoms with E-state index in [1.54, 1.807) is 13.1 Å². The van der Waals surface area contributed by atoms with E-state index in [0.29, 0.717) is 25.6 Å². The zero-order chi connectivity index (χ0) is 21.8. The van der Waals surface area contributed by atoms with Crippen molar-refractivity contribution in [2.75, 3.05) is 33.2 Å². The van der Waals surface area contributed by atoms with Gasteiger partial charge in [0.05, 0.1) is 24.3 Å². The molecular weight excluding hydrogens is 390 g/mol.